The van der Waals surface area contributed by atoms with Gasteiger partial charge in [0, 0.05) is 24.5 Å². The summed E-state index contributed by atoms with van der Waals surface area (Å²) in [6.07, 6.45) is 1.25. The summed E-state index contributed by atoms with van der Waals surface area (Å²) >= 11 is 0. The summed E-state index contributed by atoms with van der Waals surface area (Å²) < 4.78 is 13.0. The largest absolute Gasteiger partial charge is 0.386 e. The summed E-state index contributed by atoms with van der Waals surface area (Å²) in [6.45, 7) is 0.416. The number of amides is 1. The van der Waals surface area contributed by atoms with E-state index in [0.717, 1.165) is 0 Å². The lowest BCUT2D eigenvalue weighted by Crippen LogP contribution is -2.46. The van der Waals surface area contributed by atoms with Gasteiger partial charge in [-0.2, -0.15) is 27.0 Å². The Morgan fingerprint density at radius 3 is 2.48 bits per heavy atom. The summed E-state index contributed by atoms with van der Waals surface area (Å²) in [4.78, 5) is 17.2. The van der Waals surface area contributed by atoms with E-state index in [1.807, 2.05) is 0 Å². The Bertz CT molecular complexity index is 435. The molecule has 0 radical (unpaired) electrons. The summed E-state index contributed by atoms with van der Waals surface area (Å²) in [5, 5.41) is 9.98. The van der Waals surface area contributed by atoms with Crippen LogP contribution in [0.1, 0.15) is 25.5 Å². The Hall–Kier alpha value is -0.250. The highest BCUT2D eigenvalue weighted by molar-refractivity contribution is 7.59. The average molecular weight is 410 g/mol. The van der Waals surface area contributed by atoms with Gasteiger partial charge in [-0.1, -0.05) is 13.5 Å². The minimum atomic E-state index is -1.12. The van der Waals surface area contributed by atoms with Crippen LogP contribution >= 0.6 is 51.8 Å². The van der Waals surface area contributed by atoms with Crippen molar-refractivity contribution in [3.8, 4) is 0 Å². The van der Waals surface area contributed by atoms with Gasteiger partial charge in [-0.15, -0.1) is 24.8 Å². The number of carbonyl (C=O) groups is 1. The van der Waals surface area contributed by atoms with Crippen LogP contribution in [0.5, 0.6) is 0 Å². The lowest BCUT2D eigenvalue weighted by Gasteiger charge is -2.23. The molecule has 1 amide bonds. The third kappa shape index (κ3) is 7.91. The Kier molecular flexibility index (Phi) is 18.8. The molecule has 23 heavy (non-hydrogen) atoms. The van der Waals surface area contributed by atoms with Gasteiger partial charge in [0.25, 0.3) is 0 Å². The number of aliphatic hydroxyl groups is 1. The number of nitrogens with zero attached hydrogens (tertiary/aromatic N) is 2. The van der Waals surface area contributed by atoms with Gasteiger partial charge < -0.3 is 15.7 Å². The fourth-order valence-corrected chi connectivity index (χ4v) is 2.02. The molecule has 10 heteroatoms. The van der Waals surface area contributed by atoms with Crippen molar-refractivity contribution in [3.05, 3.63) is 30.1 Å². The second-order valence-corrected chi connectivity index (χ2v) is 4.43. The first-order valence-corrected chi connectivity index (χ1v) is 5.86. The van der Waals surface area contributed by atoms with Gasteiger partial charge in [0.2, 0.25) is 5.91 Å². The first-order valence-electron chi connectivity index (χ1n) is 5.86. The molecule has 3 atom stereocenters. The number of hydrogen-bond donors (Lipinski definition) is 2. The quantitative estimate of drug-likeness (QED) is 0.796. The predicted molar refractivity (Wildman–Crippen MR) is 105 cm³/mol. The van der Waals surface area contributed by atoms with Crippen molar-refractivity contribution in [3.63, 3.8) is 0 Å². The molecule has 1 aromatic heterocycles. The van der Waals surface area contributed by atoms with E-state index >= 15 is 0 Å². The van der Waals surface area contributed by atoms with Gasteiger partial charge >= 0.3 is 0 Å². The van der Waals surface area contributed by atoms with Crippen molar-refractivity contribution >= 4 is 57.7 Å². The highest BCUT2D eigenvalue weighted by Gasteiger charge is 2.32. The molecule has 0 unspecified atom stereocenters. The molecule has 1 saturated heterocycles. The molecule has 0 saturated carbocycles. The molecule has 0 bridgehead atoms. The Morgan fingerprint density at radius 1 is 1.43 bits per heavy atom. The van der Waals surface area contributed by atoms with E-state index in [1.54, 1.807) is 18.3 Å². The molecule has 1 aliphatic rings. The second kappa shape index (κ2) is 14.1. The van der Waals surface area contributed by atoms with Crippen LogP contribution in [-0.4, -0.2) is 46.2 Å². The molecule has 1 aromatic rings. The Morgan fingerprint density at radius 2 is 2.04 bits per heavy atom. The fraction of sp³-hybridized carbons (Fsp3) is 0.538. The predicted octanol–water partition coefficient (Wildman–Crippen LogP) is 1.72. The van der Waals surface area contributed by atoms with Gasteiger partial charge in [-0.05, 0) is 12.5 Å². The zero-order chi connectivity index (χ0) is 13.1. The van der Waals surface area contributed by atoms with Crippen LogP contribution < -0.4 is 5.73 Å². The molecule has 138 valence electrons. The highest BCUT2D eigenvalue weighted by atomic mass is 35.5. The SMILES string of the molecule is C.Cl.Cl.N[C@H](C(=O)N1CC[C@H](F)C1)[C@H](O)c1cccnc1.S.S. The van der Waals surface area contributed by atoms with Crippen LogP contribution in [0, 0.1) is 0 Å². The third-order valence-electron chi connectivity index (χ3n) is 3.09. The van der Waals surface area contributed by atoms with E-state index in [9.17, 15) is 14.3 Å². The maximum atomic E-state index is 13.0. The summed E-state index contributed by atoms with van der Waals surface area (Å²) in [5.74, 6) is -0.425. The van der Waals surface area contributed by atoms with Crippen molar-refractivity contribution in [2.45, 2.75) is 32.2 Å². The Balaban J connectivity index is -0.000000361. The van der Waals surface area contributed by atoms with Crippen molar-refractivity contribution < 1.29 is 14.3 Å². The zero-order valence-electron chi connectivity index (χ0n) is 11.7. The lowest BCUT2D eigenvalue weighted by atomic mass is 10.0. The third-order valence-corrected chi connectivity index (χ3v) is 3.09. The van der Waals surface area contributed by atoms with Crippen molar-refractivity contribution in [1.82, 2.24) is 9.88 Å². The van der Waals surface area contributed by atoms with Crippen LogP contribution in [0.4, 0.5) is 4.39 Å². The number of pyridine rings is 1. The zero-order valence-corrected chi connectivity index (χ0v) is 15.3. The number of likely N-dealkylation sites (tertiary alicyclic amines) is 1. The second-order valence-electron chi connectivity index (χ2n) is 4.43. The summed E-state index contributed by atoms with van der Waals surface area (Å²) in [7, 11) is 0. The lowest BCUT2D eigenvalue weighted by molar-refractivity contribution is -0.134. The molecule has 0 aromatic carbocycles. The number of carbonyl (C=O) groups excluding carboxylic acids is 1. The minimum Gasteiger partial charge on any atom is -0.386 e. The van der Waals surface area contributed by atoms with Gasteiger partial charge in [-0.25, -0.2) is 4.39 Å². The monoisotopic (exact) mass is 409 g/mol. The van der Waals surface area contributed by atoms with Crippen molar-refractivity contribution in [2.24, 2.45) is 5.73 Å². The van der Waals surface area contributed by atoms with Crippen LogP contribution in [0.3, 0.4) is 0 Å². The van der Waals surface area contributed by atoms with Crippen LogP contribution in [-0.2, 0) is 4.79 Å². The van der Waals surface area contributed by atoms with Gasteiger partial charge in [-0.3, -0.25) is 9.78 Å². The number of nitrogens with two attached hydrogens (primary N) is 1. The number of aliphatic hydroxyl groups excluding tert-OH is 1. The molecule has 2 rings (SSSR count). The summed E-state index contributed by atoms with van der Waals surface area (Å²) in [5.41, 5.74) is 6.21. The number of hydrogen-bond acceptors (Lipinski definition) is 4. The molecule has 5 nitrogen and oxygen atoms in total. The normalized spacial score (nSPS) is 17.9. The topological polar surface area (TPSA) is 79.5 Å². The standard InChI is InChI=1S/C12H16FN3O2.CH4.2ClH.2H2S/c13-9-3-5-16(7-9)12(18)10(14)11(17)8-2-1-4-15-6-8;;;;;/h1-2,4,6,9-11,17H,3,5,7,14H2;1H4;2*1H;2*1H2/t9-,10-,11+;;;;;/m0...../s1. The van der Waals surface area contributed by atoms with Crippen LogP contribution in [0.2, 0.25) is 0 Å². The fourth-order valence-electron chi connectivity index (χ4n) is 2.02. The first-order chi connectivity index (χ1) is 8.59. The minimum absolute atomic E-state index is 0. The first kappa shape index (κ1) is 30.6. The average Bonchev–Trinajstić information content (AvgIpc) is 2.84. The molecule has 2 heterocycles. The molecule has 0 aliphatic carbocycles. The van der Waals surface area contributed by atoms with E-state index in [-0.39, 0.29) is 65.8 Å². The van der Waals surface area contributed by atoms with Gasteiger partial charge in [0.15, 0.2) is 0 Å². The molecule has 1 fully saturated rings. The van der Waals surface area contributed by atoms with E-state index in [1.165, 1.54) is 11.1 Å². The molecule has 0 spiro atoms. The molecular formula is C13H26Cl2FN3O2S2. The number of halogens is 3. The number of alkyl halides is 1. The highest BCUT2D eigenvalue weighted by Crippen LogP contribution is 2.19. The van der Waals surface area contributed by atoms with E-state index in [4.69, 9.17) is 5.73 Å². The van der Waals surface area contributed by atoms with E-state index in [2.05, 4.69) is 4.98 Å². The van der Waals surface area contributed by atoms with E-state index < -0.39 is 24.2 Å². The van der Waals surface area contributed by atoms with Crippen molar-refractivity contribution in [1.29, 1.82) is 0 Å². The number of rotatable bonds is 3. The van der Waals surface area contributed by atoms with E-state index in [0.29, 0.717) is 18.5 Å². The van der Waals surface area contributed by atoms with Crippen LogP contribution in [0.25, 0.3) is 0 Å². The molecule has 1 aliphatic heterocycles. The van der Waals surface area contributed by atoms with Gasteiger partial charge in [0.05, 0.1) is 6.54 Å². The molecular weight excluding hydrogens is 384 g/mol. The van der Waals surface area contributed by atoms with Crippen molar-refractivity contribution in [2.75, 3.05) is 13.1 Å². The maximum Gasteiger partial charge on any atom is 0.242 e. The Labute approximate surface area is 162 Å². The van der Waals surface area contributed by atoms with Crippen LogP contribution in [0.15, 0.2) is 24.5 Å². The smallest absolute Gasteiger partial charge is 0.242 e. The number of aromatic nitrogens is 1. The summed E-state index contributed by atoms with van der Waals surface area (Å²) in [6, 6.07) is 2.22. The molecule has 3 N–H and O–H groups in total. The maximum absolute atomic E-state index is 13.0. The van der Waals surface area contributed by atoms with Gasteiger partial charge in [0.1, 0.15) is 18.3 Å².